The van der Waals surface area contributed by atoms with Gasteiger partial charge in [-0.25, -0.2) is 4.98 Å². The van der Waals surface area contributed by atoms with E-state index < -0.39 is 0 Å². The Labute approximate surface area is 113 Å². The lowest BCUT2D eigenvalue weighted by atomic mass is 10.2. The van der Waals surface area contributed by atoms with E-state index in [4.69, 9.17) is 4.74 Å². The van der Waals surface area contributed by atoms with Crippen LogP contribution in [0.25, 0.3) is 0 Å². The highest BCUT2D eigenvalue weighted by Crippen LogP contribution is 2.23. The molecule has 0 radical (unpaired) electrons. The minimum absolute atomic E-state index is 0.0351. The number of anilines is 2. The Morgan fingerprint density at radius 3 is 3.05 bits per heavy atom. The fourth-order valence-electron chi connectivity index (χ4n) is 2.19. The van der Waals surface area contributed by atoms with Crippen molar-refractivity contribution in [1.29, 1.82) is 0 Å². The molecule has 2 unspecified atom stereocenters. The number of aliphatic hydroxyl groups excluding tert-OH is 1. The van der Waals surface area contributed by atoms with Gasteiger partial charge in [-0.2, -0.15) is 4.98 Å². The molecule has 1 aliphatic rings. The number of rotatable bonds is 4. The molecule has 1 aromatic heterocycles. The van der Waals surface area contributed by atoms with Crippen molar-refractivity contribution in [2.75, 3.05) is 36.5 Å². The quantitative estimate of drug-likeness (QED) is 0.840. The van der Waals surface area contributed by atoms with Crippen molar-refractivity contribution < 1.29 is 9.84 Å². The Hall–Kier alpha value is -1.40. The minimum Gasteiger partial charge on any atom is -0.394 e. The number of ether oxygens (including phenoxy) is 1. The topological polar surface area (TPSA) is 70.5 Å². The molecule has 2 heterocycles. The SMILES string of the molecule is CCNc1ncc(C)c(N2CC(CO)OCC2C)n1. The molecule has 106 valence electrons. The van der Waals surface area contributed by atoms with Crippen LogP contribution in [-0.4, -0.2) is 53.5 Å². The van der Waals surface area contributed by atoms with Gasteiger partial charge in [0.25, 0.3) is 0 Å². The molecular weight excluding hydrogens is 244 g/mol. The van der Waals surface area contributed by atoms with Gasteiger partial charge in [-0.15, -0.1) is 0 Å². The number of nitrogens with zero attached hydrogens (tertiary/aromatic N) is 3. The van der Waals surface area contributed by atoms with E-state index >= 15 is 0 Å². The molecule has 1 fully saturated rings. The van der Waals surface area contributed by atoms with Crippen molar-refractivity contribution in [3.8, 4) is 0 Å². The Morgan fingerprint density at radius 1 is 1.58 bits per heavy atom. The summed E-state index contributed by atoms with van der Waals surface area (Å²) in [6.45, 7) is 8.20. The summed E-state index contributed by atoms with van der Waals surface area (Å²) >= 11 is 0. The second-order valence-corrected chi connectivity index (χ2v) is 4.87. The first-order valence-electron chi connectivity index (χ1n) is 6.72. The average Bonchev–Trinajstić information content (AvgIpc) is 2.42. The number of aliphatic hydroxyl groups is 1. The Morgan fingerprint density at radius 2 is 2.37 bits per heavy atom. The first-order valence-corrected chi connectivity index (χ1v) is 6.72. The predicted molar refractivity (Wildman–Crippen MR) is 74.6 cm³/mol. The Bertz CT molecular complexity index is 427. The lowest BCUT2D eigenvalue weighted by Crippen LogP contribution is -2.50. The van der Waals surface area contributed by atoms with E-state index in [1.807, 2.05) is 20.0 Å². The summed E-state index contributed by atoms with van der Waals surface area (Å²) < 4.78 is 5.56. The van der Waals surface area contributed by atoms with Crippen molar-refractivity contribution in [2.45, 2.75) is 32.9 Å². The van der Waals surface area contributed by atoms with Crippen molar-refractivity contribution in [3.05, 3.63) is 11.8 Å². The number of nitrogens with one attached hydrogen (secondary N) is 1. The summed E-state index contributed by atoms with van der Waals surface area (Å²) in [6.07, 6.45) is 1.68. The molecule has 2 atom stereocenters. The van der Waals surface area contributed by atoms with E-state index in [1.54, 1.807) is 0 Å². The van der Waals surface area contributed by atoms with Crippen molar-refractivity contribution in [2.24, 2.45) is 0 Å². The molecule has 1 aromatic rings. The van der Waals surface area contributed by atoms with E-state index in [-0.39, 0.29) is 18.8 Å². The molecule has 0 aliphatic carbocycles. The number of aromatic nitrogens is 2. The highest BCUT2D eigenvalue weighted by atomic mass is 16.5. The Balaban J connectivity index is 2.25. The first kappa shape index (κ1) is 14.0. The van der Waals surface area contributed by atoms with Gasteiger partial charge in [0, 0.05) is 24.8 Å². The van der Waals surface area contributed by atoms with Crippen LogP contribution in [-0.2, 0) is 4.74 Å². The van der Waals surface area contributed by atoms with Gasteiger partial charge in [-0.1, -0.05) is 0 Å². The number of hydrogen-bond acceptors (Lipinski definition) is 6. The smallest absolute Gasteiger partial charge is 0.224 e. The summed E-state index contributed by atoms with van der Waals surface area (Å²) in [5, 5.41) is 12.4. The maximum Gasteiger partial charge on any atom is 0.224 e. The predicted octanol–water partition coefficient (Wildman–Crippen LogP) is 0.803. The molecule has 0 bridgehead atoms. The number of hydrogen-bond donors (Lipinski definition) is 2. The van der Waals surface area contributed by atoms with Gasteiger partial charge < -0.3 is 20.1 Å². The van der Waals surface area contributed by atoms with Gasteiger partial charge in [0.2, 0.25) is 5.95 Å². The van der Waals surface area contributed by atoms with E-state index in [9.17, 15) is 5.11 Å². The van der Waals surface area contributed by atoms with E-state index in [0.717, 1.165) is 17.9 Å². The monoisotopic (exact) mass is 266 g/mol. The lowest BCUT2D eigenvalue weighted by Gasteiger charge is -2.38. The molecule has 19 heavy (non-hydrogen) atoms. The van der Waals surface area contributed by atoms with E-state index in [1.165, 1.54) is 0 Å². The van der Waals surface area contributed by atoms with Gasteiger partial charge >= 0.3 is 0 Å². The normalized spacial score (nSPS) is 23.5. The van der Waals surface area contributed by atoms with E-state index in [0.29, 0.717) is 19.1 Å². The van der Waals surface area contributed by atoms with Gasteiger partial charge in [-0.05, 0) is 20.8 Å². The zero-order valence-electron chi connectivity index (χ0n) is 11.8. The molecule has 2 N–H and O–H groups in total. The third-order valence-corrected chi connectivity index (χ3v) is 3.26. The summed E-state index contributed by atoms with van der Waals surface area (Å²) in [7, 11) is 0. The largest absolute Gasteiger partial charge is 0.394 e. The first-order chi connectivity index (χ1) is 9.15. The van der Waals surface area contributed by atoms with Gasteiger partial charge in [0.15, 0.2) is 0 Å². The van der Waals surface area contributed by atoms with Crippen molar-refractivity contribution in [1.82, 2.24) is 9.97 Å². The average molecular weight is 266 g/mol. The fourth-order valence-corrected chi connectivity index (χ4v) is 2.19. The van der Waals surface area contributed by atoms with Gasteiger partial charge in [0.05, 0.1) is 25.4 Å². The van der Waals surface area contributed by atoms with Crippen LogP contribution in [0.5, 0.6) is 0 Å². The highest BCUT2D eigenvalue weighted by Gasteiger charge is 2.27. The number of morpholine rings is 1. The molecule has 0 saturated carbocycles. The van der Waals surface area contributed by atoms with Gasteiger partial charge in [0.1, 0.15) is 5.82 Å². The lowest BCUT2D eigenvalue weighted by molar-refractivity contribution is -0.0106. The molecule has 1 aliphatic heterocycles. The van der Waals surface area contributed by atoms with Crippen LogP contribution in [0, 0.1) is 6.92 Å². The zero-order valence-corrected chi connectivity index (χ0v) is 11.8. The molecule has 1 saturated heterocycles. The molecule has 0 spiro atoms. The zero-order chi connectivity index (χ0) is 13.8. The molecule has 6 nitrogen and oxygen atoms in total. The maximum atomic E-state index is 9.25. The number of aryl methyl sites for hydroxylation is 1. The van der Waals surface area contributed by atoms with Crippen LogP contribution in [0.4, 0.5) is 11.8 Å². The van der Waals surface area contributed by atoms with Crippen LogP contribution in [0.15, 0.2) is 6.20 Å². The summed E-state index contributed by atoms with van der Waals surface area (Å²) in [5.41, 5.74) is 1.03. The Kier molecular flexibility index (Phi) is 4.55. The third kappa shape index (κ3) is 3.13. The minimum atomic E-state index is -0.145. The van der Waals surface area contributed by atoms with Crippen molar-refractivity contribution >= 4 is 11.8 Å². The molecular formula is C13H22N4O2. The van der Waals surface area contributed by atoms with Crippen LogP contribution in [0.1, 0.15) is 19.4 Å². The van der Waals surface area contributed by atoms with Crippen LogP contribution >= 0.6 is 0 Å². The molecule has 2 rings (SSSR count). The van der Waals surface area contributed by atoms with Crippen LogP contribution in [0.3, 0.4) is 0 Å². The fraction of sp³-hybridized carbons (Fsp3) is 0.692. The van der Waals surface area contributed by atoms with Gasteiger partial charge in [-0.3, -0.25) is 0 Å². The maximum absolute atomic E-state index is 9.25. The van der Waals surface area contributed by atoms with Crippen molar-refractivity contribution in [3.63, 3.8) is 0 Å². The molecule has 6 heteroatoms. The summed E-state index contributed by atoms with van der Waals surface area (Å²) in [6, 6.07) is 0.242. The standard InChI is InChI=1S/C13H22N4O2/c1-4-14-13-15-5-9(2)12(16-13)17-6-11(7-18)19-8-10(17)3/h5,10-11,18H,4,6-8H2,1-3H3,(H,14,15,16). The summed E-state index contributed by atoms with van der Waals surface area (Å²) in [5.74, 6) is 1.56. The van der Waals surface area contributed by atoms with E-state index in [2.05, 4.69) is 27.1 Å². The third-order valence-electron chi connectivity index (χ3n) is 3.26. The molecule has 0 aromatic carbocycles. The second kappa shape index (κ2) is 6.16. The van der Waals surface area contributed by atoms with Crippen LogP contribution in [0.2, 0.25) is 0 Å². The second-order valence-electron chi connectivity index (χ2n) is 4.87. The summed E-state index contributed by atoms with van der Waals surface area (Å²) in [4.78, 5) is 11.0. The van der Waals surface area contributed by atoms with Crippen LogP contribution < -0.4 is 10.2 Å². The highest BCUT2D eigenvalue weighted by molar-refractivity contribution is 5.50. The molecule has 0 amide bonds.